The highest BCUT2D eigenvalue weighted by Crippen LogP contribution is 2.39. The molecule has 2 heterocycles. The number of rotatable bonds is 6. The van der Waals surface area contributed by atoms with Gasteiger partial charge in [0.05, 0.1) is 26.4 Å². The number of ether oxygens (including phenoxy) is 3. The van der Waals surface area contributed by atoms with Crippen LogP contribution >= 0.6 is 11.6 Å². The van der Waals surface area contributed by atoms with Gasteiger partial charge in [-0.05, 0) is 31.4 Å². The van der Waals surface area contributed by atoms with Gasteiger partial charge in [0.25, 0.3) is 0 Å². The van der Waals surface area contributed by atoms with Crippen LogP contribution in [0.1, 0.15) is 37.1 Å². The molecule has 2 aromatic rings. The summed E-state index contributed by atoms with van der Waals surface area (Å²) in [6.45, 7) is 6.50. The third-order valence-electron chi connectivity index (χ3n) is 4.60. The number of anilines is 2. The van der Waals surface area contributed by atoms with Crippen molar-refractivity contribution in [1.29, 1.82) is 0 Å². The van der Waals surface area contributed by atoms with Crippen molar-refractivity contribution in [3.63, 3.8) is 0 Å². The Balaban J connectivity index is 2.02. The molecule has 1 aromatic carbocycles. The van der Waals surface area contributed by atoms with Gasteiger partial charge in [0.15, 0.2) is 11.5 Å². The summed E-state index contributed by atoms with van der Waals surface area (Å²) in [6.07, 6.45) is 1.78. The van der Waals surface area contributed by atoms with Crippen molar-refractivity contribution in [1.82, 2.24) is 9.97 Å². The summed E-state index contributed by atoms with van der Waals surface area (Å²) in [5.41, 5.74) is 7.61. The third-order valence-corrected chi connectivity index (χ3v) is 4.92. The molecule has 28 heavy (non-hydrogen) atoms. The van der Waals surface area contributed by atoms with Crippen LogP contribution in [0.5, 0.6) is 11.5 Å². The molecule has 7 nitrogen and oxygen atoms in total. The first kappa shape index (κ1) is 20.5. The number of nitrogens with two attached hydrogens (primary N) is 1. The van der Waals surface area contributed by atoms with Crippen molar-refractivity contribution in [3.8, 4) is 11.5 Å². The van der Waals surface area contributed by atoms with Crippen molar-refractivity contribution in [2.24, 2.45) is 0 Å². The Morgan fingerprint density at radius 2 is 2.11 bits per heavy atom. The van der Waals surface area contributed by atoms with E-state index in [2.05, 4.69) is 21.8 Å². The van der Waals surface area contributed by atoms with Gasteiger partial charge in [0.2, 0.25) is 5.95 Å². The summed E-state index contributed by atoms with van der Waals surface area (Å²) in [7, 11) is 1.63. The first-order valence-electron chi connectivity index (χ1n) is 9.49. The molecule has 8 heteroatoms. The summed E-state index contributed by atoms with van der Waals surface area (Å²) >= 11 is 6.66. The second-order valence-electron chi connectivity index (χ2n) is 6.74. The predicted molar refractivity (Wildman–Crippen MR) is 110 cm³/mol. The molecule has 0 spiro atoms. The number of aromatic nitrogens is 2. The SMILES string of the molecule is CCCOc1cc(Cl)c(C2COCCCN2c2cc(C)nc(N)n2)cc1OC. The van der Waals surface area contributed by atoms with Crippen LogP contribution in [-0.4, -0.2) is 43.4 Å². The smallest absolute Gasteiger partial charge is 0.222 e. The molecule has 152 valence electrons. The van der Waals surface area contributed by atoms with Crippen LogP contribution in [0.25, 0.3) is 0 Å². The molecule has 1 aromatic heterocycles. The van der Waals surface area contributed by atoms with Crippen LogP contribution in [0.15, 0.2) is 18.2 Å². The van der Waals surface area contributed by atoms with Crippen molar-refractivity contribution < 1.29 is 14.2 Å². The minimum Gasteiger partial charge on any atom is -0.493 e. The van der Waals surface area contributed by atoms with E-state index < -0.39 is 0 Å². The van der Waals surface area contributed by atoms with Crippen LogP contribution in [0, 0.1) is 6.92 Å². The maximum Gasteiger partial charge on any atom is 0.222 e. The Labute approximate surface area is 170 Å². The number of benzene rings is 1. The molecule has 3 rings (SSSR count). The first-order valence-corrected chi connectivity index (χ1v) is 9.87. The monoisotopic (exact) mass is 406 g/mol. The van der Waals surface area contributed by atoms with E-state index in [1.54, 1.807) is 7.11 Å². The lowest BCUT2D eigenvalue weighted by Crippen LogP contribution is -2.32. The number of hydrogen-bond donors (Lipinski definition) is 1. The van der Waals surface area contributed by atoms with Gasteiger partial charge in [-0.15, -0.1) is 0 Å². The molecule has 0 aliphatic carbocycles. The van der Waals surface area contributed by atoms with E-state index in [4.69, 9.17) is 31.5 Å². The van der Waals surface area contributed by atoms with Crippen LogP contribution in [0.4, 0.5) is 11.8 Å². The zero-order valence-electron chi connectivity index (χ0n) is 16.6. The van der Waals surface area contributed by atoms with Crippen LogP contribution in [0.2, 0.25) is 5.02 Å². The highest BCUT2D eigenvalue weighted by Gasteiger charge is 2.28. The lowest BCUT2D eigenvalue weighted by Gasteiger charge is -2.32. The maximum atomic E-state index is 6.66. The topological polar surface area (TPSA) is 82.7 Å². The lowest BCUT2D eigenvalue weighted by molar-refractivity contribution is 0.134. The minimum absolute atomic E-state index is 0.127. The Hall–Kier alpha value is -2.25. The van der Waals surface area contributed by atoms with Gasteiger partial charge in [0.1, 0.15) is 5.82 Å². The molecule has 1 atom stereocenters. The molecule has 0 amide bonds. The largest absolute Gasteiger partial charge is 0.493 e. The molecule has 0 bridgehead atoms. The van der Waals surface area contributed by atoms with Gasteiger partial charge in [-0.1, -0.05) is 18.5 Å². The summed E-state index contributed by atoms with van der Waals surface area (Å²) in [4.78, 5) is 10.8. The van der Waals surface area contributed by atoms with E-state index in [-0.39, 0.29) is 12.0 Å². The zero-order chi connectivity index (χ0) is 20.1. The fourth-order valence-electron chi connectivity index (χ4n) is 3.32. The predicted octanol–water partition coefficient (Wildman–Crippen LogP) is 3.79. The van der Waals surface area contributed by atoms with E-state index in [1.165, 1.54) is 0 Å². The van der Waals surface area contributed by atoms with Gasteiger partial charge in [-0.25, -0.2) is 4.98 Å². The number of methoxy groups -OCH3 is 1. The summed E-state index contributed by atoms with van der Waals surface area (Å²) in [6, 6.07) is 5.54. The van der Waals surface area contributed by atoms with Gasteiger partial charge in [0, 0.05) is 36.0 Å². The average Bonchev–Trinajstić information content (AvgIpc) is 2.91. The molecular formula is C20H27ClN4O3. The molecular weight excluding hydrogens is 380 g/mol. The number of nitrogen functional groups attached to an aromatic ring is 1. The molecule has 0 saturated carbocycles. The second kappa shape index (κ2) is 9.30. The molecule has 1 aliphatic heterocycles. The average molecular weight is 407 g/mol. The molecule has 2 N–H and O–H groups in total. The van der Waals surface area contributed by atoms with E-state index >= 15 is 0 Å². The maximum absolute atomic E-state index is 6.66. The number of aryl methyl sites for hydroxylation is 1. The normalized spacial score (nSPS) is 17.3. The molecule has 1 aliphatic rings. The van der Waals surface area contributed by atoms with Crippen molar-refractivity contribution in [2.45, 2.75) is 32.7 Å². The zero-order valence-corrected chi connectivity index (χ0v) is 17.3. The molecule has 1 saturated heterocycles. The Bertz CT molecular complexity index is 798. The summed E-state index contributed by atoms with van der Waals surface area (Å²) < 4.78 is 17.2. The van der Waals surface area contributed by atoms with Gasteiger partial charge >= 0.3 is 0 Å². The summed E-state index contributed by atoms with van der Waals surface area (Å²) in [5.74, 6) is 2.31. The Morgan fingerprint density at radius 1 is 1.29 bits per heavy atom. The Morgan fingerprint density at radius 3 is 2.82 bits per heavy atom. The molecule has 1 fully saturated rings. The van der Waals surface area contributed by atoms with E-state index in [1.807, 2.05) is 25.1 Å². The van der Waals surface area contributed by atoms with E-state index in [0.717, 1.165) is 36.5 Å². The molecule has 1 unspecified atom stereocenters. The molecule has 0 radical (unpaired) electrons. The van der Waals surface area contributed by atoms with Crippen molar-refractivity contribution in [2.75, 3.05) is 44.1 Å². The number of hydrogen-bond acceptors (Lipinski definition) is 7. The van der Waals surface area contributed by atoms with Crippen LogP contribution in [0.3, 0.4) is 0 Å². The quantitative estimate of drug-likeness (QED) is 0.781. The third kappa shape index (κ3) is 4.59. The van der Waals surface area contributed by atoms with Gasteiger partial charge in [-0.3, -0.25) is 0 Å². The van der Waals surface area contributed by atoms with Crippen molar-refractivity contribution >= 4 is 23.4 Å². The summed E-state index contributed by atoms with van der Waals surface area (Å²) in [5, 5.41) is 0.603. The van der Waals surface area contributed by atoms with E-state index in [0.29, 0.717) is 36.3 Å². The fraction of sp³-hybridized carbons (Fsp3) is 0.500. The lowest BCUT2D eigenvalue weighted by atomic mass is 10.0. The van der Waals surface area contributed by atoms with Crippen molar-refractivity contribution in [3.05, 3.63) is 34.5 Å². The van der Waals surface area contributed by atoms with Crippen LogP contribution in [-0.2, 0) is 4.74 Å². The van der Waals surface area contributed by atoms with E-state index in [9.17, 15) is 0 Å². The van der Waals surface area contributed by atoms with Gasteiger partial charge < -0.3 is 24.8 Å². The standard InChI is InChI=1S/C20H27ClN4O3/c1-4-7-28-18-11-15(21)14(10-17(18)26-3)16-12-27-8-5-6-25(16)19-9-13(2)23-20(22)24-19/h9-11,16H,4-8,12H2,1-3H3,(H2,22,23,24). The van der Waals surface area contributed by atoms with Gasteiger partial charge in [-0.2, -0.15) is 4.98 Å². The number of nitrogens with zero attached hydrogens (tertiary/aromatic N) is 3. The highest BCUT2D eigenvalue weighted by atomic mass is 35.5. The second-order valence-corrected chi connectivity index (χ2v) is 7.14. The first-order chi connectivity index (χ1) is 13.5. The highest BCUT2D eigenvalue weighted by molar-refractivity contribution is 6.31. The number of halogens is 1. The minimum atomic E-state index is -0.127. The Kier molecular flexibility index (Phi) is 6.80. The fourth-order valence-corrected chi connectivity index (χ4v) is 3.60. The van der Waals surface area contributed by atoms with Crippen LogP contribution < -0.4 is 20.1 Å².